The first-order chi connectivity index (χ1) is 11.5. The van der Waals surface area contributed by atoms with Gasteiger partial charge in [-0.15, -0.1) is 0 Å². The van der Waals surface area contributed by atoms with E-state index < -0.39 is 10.0 Å². The molecule has 0 bridgehead atoms. The molecule has 0 aromatic heterocycles. The highest BCUT2D eigenvalue weighted by molar-refractivity contribution is 7.89. The molecule has 8 heteroatoms. The standard InChI is InChI=1S/C16H28N4O3S/c1-4-17-16(18-10-11-20-24(21,22)5-2)19-12-13-23-15-8-6-14(3)7-9-15/h6-9,20H,4-5,10-13H2,1-3H3,(H2,17,18,19). The predicted octanol–water partition coefficient (Wildman–Crippen LogP) is 0.868. The fourth-order valence-corrected chi connectivity index (χ4v) is 2.39. The number of ether oxygens (including phenoxy) is 1. The van der Waals surface area contributed by atoms with Crippen molar-refractivity contribution in [2.24, 2.45) is 4.99 Å². The second-order valence-electron chi connectivity index (χ2n) is 5.15. The number of benzene rings is 1. The Morgan fingerprint density at radius 2 is 1.83 bits per heavy atom. The summed E-state index contributed by atoms with van der Waals surface area (Å²) in [5.41, 5.74) is 1.20. The Labute approximate surface area is 145 Å². The van der Waals surface area contributed by atoms with E-state index >= 15 is 0 Å². The highest BCUT2D eigenvalue weighted by atomic mass is 32.2. The summed E-state index contributed by atoms with van der Waals surface area (Å²) in [6, 6.07) is 7.89. The molecular weight excluding hydrogens is 328 g/mol. The molecule has 1 aromatic rings. The van der Waals surface area contributed by atoms with E-state index in [-0.39, 0.29) is 12.3 Å². The minimum Gasteiger partial charge on any atom is -0.492 e. The zero-order valence-corrected chi connectivity index (χ0v) is 15.4. The highest BCUT2D eigenvalue weighted by Gasteiger charge is 2.04. The average Bonchev–Trinajstić information content (AvgIpc) is 2.57. The van der Waals surface area contributed by atoms with E-state index in [2.05, 4.69) is 20.3 Å². The van der Waals surface area contributed by atoms with E-state index in [1.165, 1.54) is 5.56 Å². The van der Waals surface area contributed by atoms with Crippen molar-refractivity contribution in [1.29, 1.82) is 0 Å². The van der Waals surface area contributed by atoms with Gasteiger partial charge in [-0.3, -0.25) is 4.99 Å². The molecule has 1 aromatic carbocycles. The van der Waals surface area contributed by atoms with Crippen LogP contribution in [0.1, 0.15) is 19.4 Å². The van der Waals surface area contributed by atoms with Crippen molar-refractivity contribution in [2.75, 3.05) is 38.5 Å². The van der Waals surface area contributed by atoms with Crippen LogP contribution in [0.4, 0.5) is 0 Å². The maximum atomic E-state index is 11.3. The van der Waals surface area contributed by atoms with Crippen molar-refractivity contribution < 1.29 is 13.2 Å². The molecule has 0 aliphatic rings. The van der Waals surface area contributed by atoms with Gasteiger partial charge in [0.25, 0.3) is 0 Å². The molecule has 0 atom stereocenters. The Bertz CT molecular complexity index is 600. The van der Waals surface area contributed by atoms with Crippen molar-refractivity contribution in [3.05, 3.63) is 29.8 Å². The van der Waals surface area contributed by atoms with Gasteiger partial charge in [-0.1, -0.05) is 17.7 Å². The average molecular weight is 356 g/mol. The molecule has 0 amide bonds. The molecule has 1 rings (SSSR count). The molecular formula is C16H28N4O3S. The molecule has 0 aliphatic heterocycles. The molecule has 0 heterocycles. The van der Waals surface area contributed by atoms with Gasteiger partial charge in [-0.2, -0.15) is 0 Å². The molecule has 24 heavy (non-hydrogen) atoms. The second kappa shape index (κ2) is 10.9. The van der Waals surface area contributed by atoms with Gasteiger partial charge in [0.05, 0.1) is 18.8 Å². The molecule has 7 nitrogen and oxygen atoms in total. The maximum Gasteiger partial charge on any atom is 0.211 e. The van der Waals surface area contributed by atoms with E-state index in [4.69, 9.17) is 4.74 Å². The van der Waals surface area contributed by atoms with Crippen molar-refractivity contribution in [2.45, 2.75) is 20.8 Å². The van der Waals surface area contributed by atoms with Gasteiger partial charge in [0.1, 0.15) is 12.4 Å². The van der Waals surface area contributed by atoms with Gasteiger partial charge in [-0.05, 0) is 32.9 Å². The minimum atomic E-state index is -3.16. The second-order valence-corrected chi connectivity index (χ2v) is 7.24. The molecule has 0 unspecified atom stereocenters. The normalized spacial score (nSPS) is 12.0. The smallest absolute Gasteiger partial charge is 0.211 e. The third-order valence-electron chi connectivity index (χ3n) is 3.11. The Hall–Kier alpha value is -1.80. The largest absolute Gasteiger partial charge is 0.492 e. The number of aryl methyl sites for hydroxylation is 1. The number of guanidine groups is 1. The molecule has 0 fully saturated rings. The highest BCUT2D eigenvalue weighted by Crippen LogP contribution is 2.10. The van der Waals surface area contributed by atoms with Gasteiger partial charge >= 0.3 is 0 Å². The summed E-state index contributed by atoms with van der Waals surface area (Å²) >= 11 is 0. The van der Waals surface area contributed by atoms with Crippen molar-refractivity contribution in [3.8, 4) is 5.75 Å². The first-order valence-electron chi connectivity index (χ1n) is 8.16. The minimum absolute atomic E-state index is 0.0748. The van der Waals surface area contributed by atoms with Crippen molar-refractivity contribution >= 4 is 16.0 Å². The van der Waals surface area contributed by atoms with Gasteiger partial charge in [-0.25, -0.2) is 13.1 Å². The summed E-state index contributed by atoms with van der Waals surface area (Å²) in [5, 5.41) is 6.26. The van der Waals surface area contributed by atoms with Gasteiger partial charge in [0, 0.05) is 13.1 Å². The first kappa shape index (κ1) is 20.2. The topological polar surface area (TPSA) is 91.8 Å². The zero-order valence-electron chi connectivity index (χ0n) is 14.6. The third kappa shape index (κ3) is 8.73. The lowest BCUT2D eigenvalue weighted by molar-refractivity contribution is 0.322. The summed E-state index contributed by atoms with van der Waals surface area (Å²) in [4.78, 5) is 4.32. The van der Waals surface area contributed by atoms with Crippen molar-refractivity contribution in [1.82, 2.24) is 15.4 Å². The molecule has 0 radical (unpaired) electrons. The lowest BCUT2D eigenvalue weighted by atomic mass is 10.2. The Morgan fingerprint density at radius 3 is 2.46 bits per heavy atom. The number of nitrogens with one attached hydrogen (secondary N) is 3. The first-order valence-corrected chi connectivity index (χ1v) is 9.81. The molecule has 136 valence electrons. The van der Waals surface area contributed by atoms with Crippen LogP contribution >= 0.6 is 0 Å². The fraction of sp³-hybridized carbons (Fsp3) is 0.562. The number of rotatable bonds is 10. The van der Waals surface area contributed by atoms with Crippen molar-refractivity contribution in [3.63, 3.8) is 0 Å². The predicted molar refractivity (Wildman–Crippen MR) is 98.1 cm³/mol. The monoisotopic (exact) mass is 356 g/mol. The third-order valence-corrected chi connectivity index (χ3v) is 4.52. The number of aliphatic imine (C=N–C) groups is 1. The quantitative estimate of drug-likeness (QED) is 0.329. The summed E-state index contributed by atoms with van der Waals surface area (Å²) in [6.07, 6.45) is 0. The number of nitrogens with zero attached hydrogens (tertiary/aromatic N) is 1. The molecule has 3 N–H and O–H groups in total. The fourth-order valence-electron chi connectivity index (χ4n) is 1.79. The SMILES string of the molecule is CCNC(=NCCNS(=O)(=O)CC)NCCOc1ccc(C)cc1. The number of sulfonamides is 1. The Kier molecular flexibility index (Phi) is 9.18. The van der Waals surface area contributed by atoms with Gasteiger partial charge in [0.15, 0.2) is 5.96 Å². The van der Waals surface area contributed by atoms with E-state index in [9.17, 15) is 8.42 Å². The van der Waals surface area contributed by atoms with Crippen LogP contribution in [0.3, 0.4) is 0 Å². The van der Waals surface area contributed by atoms with E-state index in [1.54, 1.807) is 6.92 Å². The zero-order chi connectivity index (χ0) is 17.8. The molecule has 0 spiro atoms. The van der Waals surface area contributed by atoms with E-state index in [0.29, 0.717) is 25.7 Å². The number of hydrogen-bond acceptors (Lipinski definition) is 4. The van der Waals surface area contributed by atoms with Gasteiger partial charge < -0.3 is 15.4 Å². The summed E-state index contributed by atoms with van der Waals surface area (Å²) in [6.45, 7) is 8.10. The van der Waals surface area contributed by atoms with Crippen LogP contribution in [0.25, 0.3) is 0 Å². The van der Waals surface area contributed by atoms with E-state index in [1.807, 2.05) is 38.1 Å². The lowest BCUT2D eigenvalue weighted by Crippen LogP contribution is -2.40. The van der Waals surface area contributed by atoms with Crippen LogP contribution in [0.15, 0.2) is 29.3 Å². The molecule has 0 aliphatic carbocycles. The van der Waals surface area contributed by atoms with E-state index in [0.717, 1.165) is 12.3 Å². The molecule has 0 saturated heterocycles. The van der Waals surface area contributed by atoms with Crippen LogP contribution in [0.5, 0.6) is 5.75 Å². The van der Waals surface area contributed by atoms with Crippen LogP contribution < -0.4 is 20.1 Å². The maximum absolute atomic E-state index is 11.3. The summed E-state index contributed by atoms with van der Waals surface area (Å²) < 4.78 is 30.8. The van der Waals surface area contributed by atoms with Crippen LogP contribution in [0, 0.1) is 6.92 Å². The molecule has 0 saturated carbocycles. The Balaban J connectivity index is 2.31. The van der Waals surface area contributed by atoms with Crippen LogP contribution in [-0.4, -0.2) is 52.9 Å². The summed E-state index contributed by atoms with van der Waals surface area (Å²) in [7, 11) is -3.16. The Morgan fingerprint density at radius 1 is 1.12 bits per heavy atom. The summed E-state index contributed by atoms with van der Waals surface area (Å²) in [5.74, 6) is 1.55. The van der Waals surface area contributed by atoms with Crippen LogP contribution in [0.2, 0.25) is 0 Å². The van der Waals surface area contributed by atoms with Crippen LogP contribution in [-0.2, 0) is 10.0 Å². The van der Waals surface area contributed by atoms with Gasteiger partial charge in [0.2, 0.25) is 10.0 Å². The lowest BCUT2D eigenvalue weighted by Gasteiger charge is -2.12. The number of hydrogen-bond donors (Lipinski definition) is 3.